The van der Waals surface area contributed by atoms with Crippen molar-refractivity contribution < 1.29 is 9.32 Å². The molecule has 0 bridgehead atoms. The van der Waals surface area contributed by atoms with Gasteiger partial charge in [-0.15, -0.1) is 11.3 Å². The van der Waals surface area contributed by atoms with Gasteiger partial charge >= 0.3 is 0 Å². The van der Waals surface area contributed by atoms with Gasteiger partial charge in [0.25, 0.3) is 11.5 Å². The summed E-state index contributed by atoms with van der Waals surface area (Å²) in [6.45, 7) is 4.29. The molecule has 7 nitrogen and oxygen atoms in total. The Hall–Kier alpha value is -2.48. The number of rotatable bonds is 4. The number of hydrogen-bond acceptors (Lipinski definition) is 6. The number of aromatic amines is 1. The second kappa shape index (κ2) is 6.68. The summed E-state index contributed by atoms with van der Waals surface area (Å²) in [5.41, 5.74) is 2.70. The zero-order chi connectivity index (χ0) is 18.3. The second-order valence-electron chi connectivity index (χ2n) is 6.63. The SMILES string of the molecule is Cc1sc2nc(CCNC(=O)c3onc4c3CCCC4)[nH]c(=O)c2c1C. The maximum Gasteiger partial charge on any atom is 0.290 e. The zero-order valence-electron chi connectivity index (χ0n) is 14.8. The number of H-pyrrole nitrogens is 1. The summed E-state index contributed by atoms with van der Waals surface area (Å²) >= 11 is 1.52. The van der Waals surface area contributed by atoms with Gasteiger partial charge in [-0.1, -0.05) is 5.16 Å². The molecule has 3 heterocycles. The van der Waals surface area contributed by atoms with Crippen molar-refractivity contribution >= 4 is 27.5 Å². The highest BCUT2D eigenvalue weighted by Gasteiger charge is 2.23. The van der Waals surface area contributed by atoms with E-state index in [1.165, 1.54) is 11.3 Å². The third-order valence-electron chi connectivity index (χ3n) is 4.90. The summed E-state index contributed by atoms with van der Waals surface area (Å²) in [6, 6.07) is 0. The summed E-state index contributed by atoms with van der Waals surface area (Å²) < 4.78 is 5.24. The topological polar surface area (TPSA) is 101 Å². The molecule has 0 saturated carbocycles. The number of carbonyl (C=O) groups is 1. The van der Waals surface area contributed by atoms with Gasteiger partial charge in [-0.05, 0) is 45.1 Å². The standard InChI is InChI=1S/C18H20N4O3S/c1-9-10(2)26-18-14(9)16(23)20-13(21-18)7-8-19-17(24)15-11-5-3-4-6-12(11)22-25-15/h3-8H2,1-2H3,(H,19,24)(H,20,21,23). The molecule has 26 heavy (non-hydrogen) atoms. The van der Waals surface area contributed by atoms with Crippen LogP contribution in [0.3, 0.4) is 0 Å². The van der Waals surface area contributed by atoms with Crippen molar-refractivity contribution in [1.29, 1.82) is 0 Å². The van der Waals surface area contributed by atoms with Crippen molar-refractivity contribution in [2.75, 3.05) is 6.54 Å². The van der Waals surface area contributed by atoms with Crippen LogP contribution in [0.5, 0.6) is 0 Å². The molecule has 0 fully saturated rings. The van der Waals surface area contributed by atoms with E-state index in [0.717, 1.165) is 52.2 Å². The lowest BCUT2D eigenvalue weighted by Gasteiger charge is -2.09. The van der Waals surface area contributed by atoms with Crippen LogP contribution in [-0.4, -0.2) is 27.6 Å². The minimum Gasteiger partial charge on any atom is -0.350 e. The molecule has 3 aromatic rings. The number of nitrogens with one attached hydrogen (secondary N) is 2. The molecule has 1 aliphatic rings. The fourth-order valence-electron chi connectivity index (χ4n) is 3.36. The van der Waals surface area contributed by atoms with Crippen LogP contribution in [0.1, 0.15) is 50.9 Å². The number of amides is 1. The molecule has 0 unspecified atom stereocenters. The molecule has 0 atom stereocenters. The Morgan fingerprint density at radius 3 is 2.96 bits per heavy atom. The molecule has 0 radical (unpaired) electrons. The molecule has 136 valence electrons. The fourth-order valence-corrected chi connectivity index (χ4v) is 4.41. The highest BCUT2D eigenvalue weighted by Crippen LogP contribution is 2.26. The summed E-state index contributed by atoms with van der Waals surface area (Å²) in [5.74, 6) is 0.636. The van der Waals surface area contributed by atoms with E-state index in [-0.39, 0.29) is 11.5 Å². The van der Waals surface area contributed by atoms with Crippen LogP contribution in [-0.2, 0) is 19.3 Å². The molecule has 0 spiro atoms. The minimum atomic E-state index is -0.258. The van der Waals surface area contributed by atoms with Crippen LogP contribution in [0.4, 0.5) is 0 Å². The third-order valence-corrected chi connectivity index (χ3v) is 6.00. The van der Waals surface area contributed by atoms with E-state index in [2.05, 4.69) is 20.4 Å². The monoisotopic (exact) mass is 372 g/mol. The van der Waals surface area contributed by atoms with Gasteiger partial charge in [0.05, 0.1) is 11.1 Å². The molecule has 0 saturated heterocycles. The largest absolute Gasteiger partial charge is 0.350 e. The first-order valence-corrected chi connectivity index (χ1v) is 9.60. The second-order valence-corrected chi connectivity index (χ2v) is 7.83. The maximum absolute atomic E-state index is 12.4. The van der Waals surface area contributed by atoms with E-state index in [4.69, 9.17) is 4.52 Å². The first-order valence-electron chi connectivity index (χ1n) is 8.79. The predicted molar refractivity (Wildman–Crippen MR) is 98.9 cm³/mol. The van der Waals surface area contributed by atoms with Gasteiger partial charge in [-0.25, -0.2) is 4.98 Å². The van der Waals surface area contributed by atoms with E-state index in [9.17, 15) is 9.59 Å². The smallest absolute Gasteiger partial charge is 0.290 e. The number of fused-ring (bicyclic) bond motifs is 2. The Kier molecular flexibility index (Phi) is 4.36. The fraction of sp³-hybridized carbons (Fsp3) is 0.444. The normalized spacial score (nSPS) is 13.8. The molecule has 8 heteroatoms. The van der Waals surface area contributed by atoms with Crippen LogP contribution in [0.15, 0.2) is 9.32 Å². The van der Waals surface area contributed by atoms with E-state index in [0.29, 0.717) is 29.9 Å². The molecule has 4 rings (SSSR count). The summed E-state index contributed by atoms with van der Waals surface area (Å²) in [6.07, 6.45) is 4.30. The third kappa shape index (κ3) is 2.94. The zero-order valence-corrected chi connectivity index (χ0v) is 15.6. The Morgan fingerprint density at radius 1 is 1.31 bits per heavy atom. The Bertz CT molecular complexity index is 1050. The number of aromatic nitrogens is 3. The molecular weight excluding hydrogens is 352 g/mol. The van der Waals surface area contributed by atoms with E-state index < -0.39 is 0 Å². The molecule has 1 amide bonds. The molecule has 0 aromatic carbocycles. The Balaban J connectivity index is 1.45. The average molecular weight is 372 g/mol. The van der Waals surface area contributed by atoms with Crippen molar-refractivity contribution in [3.05, 3.63) is 43.6 Å². The van der Waals surface area contributed by atoms with Crippen molar-refractivity contribution in [2.24, 2.45) is 0 Å². The van der Waals surface area contributed by atoms with Crippen molar-refractivity contribution in [2.45, 2.75) is 46.0 Å². The lowest BCUT2D eigenvalue weighted by molar-refractivity contribution is 0.0916. The molecular formula is C18H20N4O3S. The van der Waals surface area contributed by atoms with Crippen LogP contribution in [0.2, 0.25) is 0 Å². The average Bonchev–Trinajstić information content (AvgIpc) is 3.16. The first-order chi connectivity index (χ1) is 12.5. The van der Waals surface area contributed by atoms with Gasteiger partial charge < -0.3 is 14.8 Å². The summed E-state index contributed by atoms with van der Waals surface area (Å²) in [4.78, 5) is 33.8. The van der Waals surface area contributed by atoms with Gasteiger partial charge in [0.1, 0.15) is 10.7 Å². The lowest BCUT2D eigenvalue weighted by atomic mass is 9.96. The van der Waals surface area contributed by atoms with Crippen LogP contribution in [0, 0.1) is 13.8 Å². The van der Waals surface area contributed by atoms with Gasteiger partial charge in [0.2, 0.25) is 5.76 Å². The van der Waals surface area contributed by atoms with Crippen LogP contribution < -0.4 is 10.9 Å². The van der Waals surface area contributed by atoms with Gasteiger partial charge in [0, 0.05) is 23.4 Å². The summed E-state index contributed by atoms with van der Waals surface area (Å²) in [7, 11) is 0. The predicted octanol–water partition coefficient (Wildman–Crippen LogP) is 2.44. The molecule has 2 N–H and O–H groups in total. The van der Waals surface area contributed by atoms with Crippen LogP contribution in [0.25, 0.3) is 10.2 Å². The van der Waals surface area contributed by atoms with Gasteiger partial charge in [-0.3, -0.25) is 9.59 Å². The first kappa shape index (κ1) is 17.0. The van der Waals surface area contributed by atoms with Gasteiger partial charge in [-0.2, -0.15) is 0 Å². The number of thiophene rings is 1. The van der Waals surface area contributed by atoms with E-state index >= 15 is 0 Å². The van der Waals surface area contributed by atoms with Crippen LogP contribution >= 0.6 is 11.3 Å². The highest BCUT2D eigenvalue weighted by atomic mass is 32.1. The van der Waals surface area contributed by atoms with Crippen molar-refractivity contribution in [3.8, 4) is 0 Å². The summed E-state index contributed by atoms with van der Waals surface area (Å²) in [5, 5.41) is 7.50. The number of carbonyl (C=O) groups excluding carboxylic acids is 1. The number of nitrogens with zero attached hydrogens (tertiary/aromatic N) is 2. The lowest BCUT2D eigenvalue weighted by Crippen LogP contribution is -2.27. The van der Waals surface area contributed by atoms with Crippen molar-refractivity contribution in [3.63, 3.8) is 0 Å². The minimum absolute atomic E-state index is 0.123. The van der Waals surface area contributed by atoms with E-state index in [1.807, 2.05) is 13.8 Å². The van der Waals surface area contributed by atoms with E-state index in [1.54, 1.807) is 0 Å². The van der Waals surface area contributed by atoms with Gasteiger partial charge in [0.15, 0.2) is 0 Å². The van der Waals surface area contributed by atoms with Crippen molar-refractivity contribution in [1.82, 2.24) is 20.4 Å². The molecule has 3 aromatic heterocycles. The molecule has 1 aliphatic carbocycles. The highest BCUT2D eigenvalue weighted by molar-refractivity contribution is 7.18. The number of hydrogen-bond donors (Lipinski definition) is 2. The number of aryl methyl sites for hydroxylation is 3. The quantitative estimate of drug-likeness (QED) is 0.732. The maximum atomic E-state index is 12.4. The Morgan fingerprint density at radius 2 is 2.12 bits per heavy atom. The molecule has 0 aliphatic heterocycles. The Labute approximate surface area is 153 Å².